The van der Waals surface area contributed by atoms with Crippen LogP contribution in [0.4, 0.5) is 13.2 Å². The van der Waals surface area contributed by atoms with Crippen molar-refractivity contribution >= 4 is 0 Å². The van der Waals surface area contributed by atoms with Crippen LogP contribution in [0.5, 0.6) is 0 Å². The summed E-state index contributed by atoms with van der Waals surface area (Å²) < 4.78 is 39.6. The molecule has 0 aliphatic heterocycles. The Kier molecular flexibility index (Phi) is 4.85. The van der Waals surface area contributed by atoms with Gasteiger partial charge in [-0.05, 0) is 105 Å². The van der Waals surface area contributed by atoms with Gasteiger partial charge in [0.05, 0.1) is 5.92 Å². The monoisotopic (exact) mass is 366 g/mol. The number of alkyl halides is 3. The molecule has 0 radical (unpaired) electrons. The third kappa shape index (κ3) is 3.00. The summed E-state index contributed by atoms with van der Waals surface area (Å²) in [5.41, 5.74) is 0.439. The van der Waals surface area contributed by atoms with Crippen LogP contribution >= 0.6 is 0 Å². The average Bonchev–Trinajstić information content (AvgIpc) is 2.94. The fraction of sp³-hybridized carbons (Fsp3) is 0.913. The Morgan fingerprint density at radius 3 is 2.46 bits per heavy atom. The first-order valence-electron chi connectivity index (χ1n) is 10.8. The highest BCUT2D eigenvalue weighted by Gasteiger charge is 2.57. The first-order valence-corrected chi connectivity index (χ1v) is 10.8. The van der Waals surface area contributed by atoms with Crippen LogP contribution in [0.2, 0.25) is 0 Å². The molecule has 0 aromatic carbocycles. The van der Waals surface area contributed by atoms with Gasteiger partial charge in [0.15, 0.2) is 0 Å². The molecule has 3 heteroatoms. The lowest BCUT2D eigenvalue weighted by molar-refractivity contribution is -0.196. The van der Waals surface area contributed by atoms with Crippen molar-refractivity contribution in [2.24, 2.45) is 46.8 Å². The molecule has 4 rings (SSSR count). The highest BCUT2D eigenvalue weighted by molar-refractivity contribution is 5.06. The third-order valence-electron chi connectivity index (χ3n) is 9.25. The maximum absolute atomic E-state index is 13.2. The zero-order valence-corrected chi connectivity index (χ0v) is 16.0. The predicted octanol–water partition coefficient (Wildman–Crippen LogP) is 6.85. The minimum atomic E-state index is -3.98. The Morgan fingerprint density at radius 1 is 0.962 bits per heavy atom. The summed E-state index contributed by atoms with van der Waals surface area (Å²) in [5.74, 6) is 5.73. The van der Waals surface area contributed by atoms with Crippen LogP contribution < -0.4 is 0 Å². The lowest BCUT2D eigenvalue weighted by atomic mass is 9.49. The molecule has 0 aromatic heterocycles. The van der Waals surface area contributed by atoms with E-state index in [1.807, 2.05) is 0 Å². The van der Waals surface area contributed by atoms with E-state index in [1.165, 1.54) is 38.5 Å². The van der Waals surface area contributed by atoms with Crippen molar-refractivity contribution in [3.63, 3.8) is 0 Å². The first-order chi connectivity index (χ1) is 12.3. The van der Waals surface area contributed by atoms with Crippen molar-refractivity contribution in [3.8, 4) is 12.3 Å². The molecular formula is C23H33F3. The molecule has 146 valence electrons. The highest BCUT2D eigenvalue weighted by Crippen LogP contribution is 2.65. The zero-order chi connectivity index (χ0) is 18.5. The third-order valence-corrected chi connectivity index (χ3v) is 9.25. The quantitative estimate of drug-likeness (QED) is 0.469. The number of hydrogen-bond donors (Lipinski definition) is 0. The lowest BCUT2D eigenvalue weighted by Gasteiger charge is -2.56. The van der Waals surface area contributed by atoms with Crippen LogP contribution in [0.3, 0.4) is 0 Å². The van der Waals surface area contributed by atoms with Gasteiger partial charge in [-0.2, -0.15) is 13.2 Å². The molecule has 8 unspecified atom stereocenters. The van der Waals surface area contributed by atoms with Crippen LogP contribution in [0, 0.1) is 59.2 Å². The minimum Gasteiger partial charge on any atom is -0.171 e. The predicted molar refractivity (Wildman–Crippen MR) is 98.2 cm³/mol. The number of halogens is 3. The fourth-order valence-corrected chi connectivity index (χ4v) is 7.99. The van der Waals surface area contributed by atoms with Crippen molar-refractivity contribution < 1.29 is 13.2 Å². The van der Waals surface area contributed by atoms with Gasteiger partial charge in [-0.3, -0.25) is 0 Å². The Morgan fingerprint density at radius 2 is 1.73 bits per heavy atom. The molecule has 4 fully saturated rings. The smallest absolute Gasteiger partial charge is 0.171 e. The van der Waals surface area contributed by atoms with E-state index in [-0.39, 0.29) is 0 Å². The van der Waals surface area contributed by atoms with Crippen LogP contribution in [0.1, 0.15) is 77.6 Å². The molecule has 0 N–H and O–H groups in total. The van der Waals surface area contributed by atoms with Gasteiger partial charge in [0, 0.05) is 6.42 Å². The van der Waals surface area contributed by atoms with Crippen molar-refractivity contribution in [1.29, 1.82) is 0 Å². The molecule has 0 saturated heterocycles. The summed E-state index contributed by atoms with van der Waals surface area (Å²) in [6, 6.07) is 0. The van der Waals surface area contributed by atoms with Gasteiger partial charge in [-0.25, -0.2) is 0 Å². The highest BCUT2D eigenvalue weighted by atomic mass is 19.4. The summed E-state index contributed by atoms with van der Waals surface area (Å²) in [6.07, 6.45) is 12.6. The largest absolute Gasteiger partial charge is 0.391 e. The average molecular weight is 367 g/mol. The van der Waals surface area contributed by atoms with Crippen LogP contribution in [0.15, 0.2) is 0 Å². The van der Waals surface area contributed by atoms with E-state index in [2.05, 4.69) is 12.8 Å². The maximum Gasteiger partial charge on any atom is 0.391 e. The zero-order valence-electron chi connectivity index (χ0n) is 16.0. The topological polar surface area (TPSA) is 0 Å². The Labute approximate surface area is 156 Å². The second kappa shape index (κ2) is 6.75. The lowest BCUT2D eigenvalue weighted by Crippen LogP contribution is -2.49. The molecule has 4 saturated carbocycles. The van der Waals surface area contributed by atoms with E-state index >= 15 is 0 Å². The van der Waals surface area contributed by atoms with Crippen LogP contribution in [-0.4, -0.2) is 6.18 Å². The van der Waals surface area contributed by atoms with Gasteiger partial charge < -0.3 is 0 Å². The van der Waals surface area contributed by atoms with E-state index < -0.39 is 12.1 Å². The van der Waals surface area contributed by atoms with Crippen molar-refractivity contribution in [3.05, 3.63) is 0 Å². The van der Waals surface area contributed by atoms with Gasteiger partial charge in [0.2, 0.25) is 0 Å². The minimum absolute atomic E-state index is 0.333. The molecule has 0 aromatic rings. The molecule has 4 aliphatic carbocycles. The number of hydrogen-bond acceptors (Lipinski definition) is 0. The molecule has 0 bridgehead atoms. The van der Waals surface area contributed by atoms with E-state index in [0.29, 0.717) is 36.0 Å². The standard InChI is InChI=1S/C23H33F3/c1-3-4-5-16-8-11-21-20-9-6-15-14-17(23(24,25)26)7-10-18(15)19(20)12-13-22(16,21)2/h1,15-21H,4-14H2,2H3. The molecule has 4 aliphatic rings. The first kappa shape index (κ1) is 18.7. The molecule has 26 heavy (non-hydrogen) atoms. The maximum atomic E-state index is 13.2. The normalized spacial score (nSPS) is 48.2. The molecular weight excluding hydrogens is 333 g/mol. The van der Waals surface area contributed by atoms with Gasteiger partial charge in [-0.1, -0.05) is 6.92 Å². The van der Waals surface area contributed by atoms with Crippen LogP contribution in [0.25, 0.3) is 0 Å². The SMILES string of the molecule is C#CCCC1CCC2C3CCC4CC(C(F)(F)F)CCC4C3CCC12C. The molecule has 0 heterocycles. The van der Waals surface area contributed by atoms with E-state index in [1.54, 1.807) is 0 Å². The van der Waals surface area contributed by atoms with E-state index in [4.69, 9.17) is 6.42 Å². The van der Waals surface area contributed by atoms with Gasteiger partial charge >= 0.3 is 6.18 Å². The summed E-state index contributed by atoms with van der Waals surface area (Å²) in [6.45, 7) is 2.51. The number of rotatable bonds is 2. The fourth-order valence-electron chi connectivity index (χ4n) is 7.99. The molecule has 8 atom stereocenters. The molecule has 0 nitrogen and oxygen atoms in total. The van der Waals surface area contributed by atoms with Crippen molar-refractivity contribution in [2.75, 3.05) is 0 Å². The summed E-state index contributed by atoms with van der Waals surface area (Å²) in [7, 11) is 0. The summed E-state index contributed by atoms with van der Waals surface area (Å²) in [5, 5.41) is 0. The Hall–Kier alpha value is -0.650. The Balaban J connectivity index is 1.47. The summed E-state index contributed by atoms with van der Waals surface area (Å²) >= 11 is 0. The van der Waals surface area contributed by atoms with Crippen molar-refractivity contribution in [2.45, 2.75) is 83.7 Å². The van der Waals surface area contributed by atoms with Gasteiger partial charge in [0.1, 0.15) is 0 Å². The van der Waals surface area contributed by atoms with Crippen molar-refractivity contribution in [1.82, 2.24) is 0 Å². The van der Waals surface area contributed by atoms with E-state index in [0.717, 1.165) is 37.0 Å². The van der Waals surface area contributed by atoms with E-state index in [9.17, 15) is 13.2 Å². The van der Waals surface area contributed by atoms with Gasteiger partial charge in [0.25, 0.3) is 0 Å². The van der Waals surface area contributed by atoms with Crippen LogP contribution in [-0.2, 0) is 0 Å². The molecule has 0 amide bonds. The molecule has 0 spiro atoms. The number of terminal acetylenes is 1. The second-order valence-corrected chi connectivity index (χ2v) is 10.0. The summed E-state index contributed by atoms with van der Waals surface area (Å²) in [4.78, 5) is 0. The second-order valence-electron chi connectivity index (χ2n) is 10.0. The van der Waals surface area contributed by atoms with Gasteiger partial charge in [-0.15, -0.1) is 12.3 Å². The Bertz CT molecular complexity index is 559. The number of fused-ring (bicyclic) bond motifs is 5.